The molecule has 1 aliphatic rings. The van der Waals surface area contributed by atoms with E-state index in [9.17, 15) is 9.59 Å². The number of rotatable bonds is 6. The molecule has 0 spiro atoms. The molecule has 0 aromatic carbocycles. The van der Waals surface area contributed by atoms with Gasteiger partial charge in [0.25, 0.3) is 17.2 Å². The number of carbonyl (C=O) groups is 1. The van der Waals surface area contributed by atoms with Crippen LogP contribution >= 0.6 is 0 Å². The van der Waals surface area contributed by atoms with Gasteiger partial charge in [0.2, 0.25) is 0 Å². The molecule has 0 unspecified atom stereocenters. The number of aromatic nitrogens is 4. The lowest BCUT2D eigenvalue weighted by molar-refractivity contribution is -0.0691. The van der Waals surface area contributed by atoms with Crippen molar-refractivity contribution in [3.63, 3.8) is 0 Å². The summed E-state index contributed by atoms with van der Waals surface area (Å²) in [7, 11) is 3.93. The minimum Gasteiger partial charge on any atom is -0.379 e. The van der Waals surface area contributed by atoms with Gasteiger partial charge in [-0.3, -0.25) is 14.7 Å². The topological polar surface area (TPSA) is 114 Å². The number of hydrogen-bond acceptors (Lipinski definition) is 7. The van der Waals surface area contributed by atoms with Gasteiger partial charge in [-0.2, -0.15) is 9.50 Å². The maximum absolute atomic E-state index is 12.6. The molecule has 1 saturated heterocycles. The molecule has 1 amide bonds. The zero-order valence-corrected chi connectivity index (χ0v) is 15.2. The average molecular weight is 364 g/mol. The monoisotopic (exact) mass is 364 g/mol. The first-order chi connectivity index (χ1) is 12.5. The van der Waals surface area contributed by atoms with E-state index >= 15 is 0 Å². The Morgan fingerprint density at radius 2 is 2.35 bits per heavy atom. The van der Waals surface area contributed by atoms with Crippen LogP contribution in [0.4, 0.5) is 0 Å². The maximum Gasteiger partial charge on any atom is 0.286 e. The standard InChI is InChI=1S/C16H24N6O4/c1-10-18-16-17-8-11(15(24)22(16)20-10)14(23)19-12-4-6-25-9-13(12)26-7-5-21(2)3/h8,12-13H,4-7,9H2,1-3H3,(H,19,23)(H,17,18,20)/t12-,13-/m1/s1. The molecule has 0 aliphatic carbocycles. The molecule has 1 aliphatic heterocycles. The maximum atomic E-state index is 12.6. The average Bonchev–Trinajstić information content (AvgIpc) is 2.98. The summed E-state index contributed by atoms with van der Waals surface area (Å²) < 4.78 is 12.5. The molecule has 2 aromatic heterocycles. The molecule has 142 valence electrons. The van der Waals surface area contributed by atoms with Crippen molar-refractivity contribution in [2.24, 2.45) is 0 Å². The third kappa shape index (κ3) is 4.09. The lowest BCUT2D eigenvalue weighted by atomic mass is 10.1. The van der Waals surface area contributed by atoms with E-state index in [1.54, 1.807) is 6.92 Å². The molecule has 0 radical (unpaired) electrons. The second-order valence-electron chi connectivity index (χ2n) is 6.58. The Labute approximate surface area is 150 Å². The van der Waals surface area contributed by atoms with E-state index < -0.39 is 11.5 Å². The van der Waals surface area contributed by atoms with Crippen molar-refractivity contribution in [3.8, 4) is 0 Å². The second-order valence-corrected chi connectivity index (χ2v) is 6.58. The van der Waals surface area contributed by atoms with Gasteiger partial charge in [-0.1, -0.05) is 0 Å². The minimum absolute atomic E-state index is 0.0373. The van der Waals surface area contributed by atoms with Crippen molar-refractivity contribution in [3.05, 3.63) is 27.9 Å². The number of H-pyrrole nitrogens is 1. The fourth-order valence-electron chi connectivity index (χ4n) is 2.79. The lowest BCUT2D eigenvalue weighted by Gasteiger charge is -2.32. The van der Waals surface area contributed by atoms with Crippen LogP contribution in [0.2, 0.25) is 0 Å². The van der Waals surface area contributed by atoms with E-state index in [0.29, 0.717) is 32.1 Å². The summed E-state index contributed by atoms with van der Waals surface area (Å²) in [6.45, 7) is 3.98. The summed E-state index contributed by atoms with van der Waals surface area (Å²) in [5, 5.41) is 5.66. The van der Waals surface area contributed by atoms with Gasteiger partial charge in [-0.05, 0) is 27.4 Å². The number of nitrogens with one attached hydrogen (secondary N) is 2. The summed E-state index contributed by atoms with van der Waals surface area (Å²) >= 11 is 0. The van der Waals surface area contributed by atoms with Crippen LogP contribution < -0.4 is 10.9 Å². The van der Waals surface area contributed by atoms with Gasteiger partial charge in [0.15, 0.2) is 0 Å². The fraction of sp³-hybridized carbons (Fsp3) is 0.625. The fourth-order valence-corrected chi connectivity index (χ4v) is 2.79. The van der Waals surface area contributed by atoms with E-state index in [1.807, 2.05) is 19.0 Å². The van der Waals surface area contributed by atoms with Gasteiger partial charge in [0, 0.05) is 19.3 Å². The number of ether oxygens (including phenoxy) is 2. The van der Waals surface area contributed by atoms with Gasteiger partial charge in [-0.15, -0.1) is 0 Å². The molecule has 3 heterocycles. The first kappa shape index (κ1) is 18.5. The largest absolute Gasteiger partial charge is 0.379 e. The number of hydrogen-bond donors (Lipinski definition) is 2. The molecular weight excluding hydrogens is 340 g/mol. The molecule has 2 N–H and O–H groups in total. The smallest absolute Gasteiger partial charge is 0.286 e. The molecular formula is C16H24N6O4. The van der Waals surface area contributed by atoms with Crippen molar-refractivity contribution in [2.45, 2.75) is 25.5 Å². The number of amides is 1. The van der Waals surface area contributed by atoms with Gasteiger partial charge in [-0.25, -0.2) is 4.98 Å². The van der Waals surface area contributed by atoms with Gasteiger partial charge in [0.05, 0.1) is 19.3 Å². The Kier molecular flexibility index (Phi) is 5.64. The Balaban J connectivity index is 1.71. The molecule has 10 nitrogen and oxygen atoms in total. The summed E-state index contributed by atoms with van der Waals surface area (Å²) in [5.74, 6) is 0.309. The minimum atomic E-state index is -0.481. The van der Waals surface area contributed by atoms with Crippen molar-refractivity contribution in [1.82, 2.24) is 29.8 Å². The van der Waals surface area contributed by atoms with E-state index in [-0.39, 0.29) is 23.5 Å². The number of aromatic amines is 1. The SMILES string of the molecule is Cc1nc2ncc(C(=O)N[C@@H]3CCOC[C@H]3OCCN(C)C)c(=O)n2[nH]1. The van der Waals surface area contributed by atoms with Crippen LogP contribution in [0.25, 0.3) is 5.78 Å². The second kappa shape index (κ2) is 7.94. The summed E-state index contributed by atoms with van der Waals surface area (Å²) in [6, 6.07) is -0.220. The molecule has 1 fully saturated rings. The van der Waals surface area contributed by atoms with E-state index in [2.05, 4.69) is 20.4 Å². The van der Waals surface area contributed by atoms with Gasteiger partial charge >= 0.3 is 0 Å². The van der Waals surface area contributed by atoms with Gasteiger partial charge in [0.1, 0.15) is 17.5 Å². The zero-order chi connectivity index (χ0) is 18.7. The Morgan fingerprint density at radius 3 is 3.12 bits per heavy atom. The van der Waals surface area contributed by atoms with E-state index in [1.165, 1.54) is 10.7 Å². The Hall–Kier alpha value is -2.30. The summed E-state index contributed by atoms with van der Waals surface area (Å²) in [4.78, 5) is 35.2. The van der Waals surface area contributed by atoms with Crippen LogP contribution in [0.1, 0.15) is 22.6 Å². The third-order valence-corrected chi connectivity index (χ3v) is 4.22. The molecule has 10 heteroatoms. The van der Waals surface area contributed by atoms with Crippen molar-refractivity contribution < 1.29 is 14.3 Å². The van der Waals surface area contributed by atoms with E-state index in [4.69, 9.17) is 9.47 Å². The lowest BCUT2D eigenvalue weighted by Crippen LogP contribution is -2.51. The number of likely N-dealkylation sites (N-methyl/N-ethyl adjacent to an activating group) is 1. The molecule has 3 rings (SSSR count). The number of fused-ring (bicyclic) bond motifs is 1. The molecule has 0 bridgehead atoms. The highest BCUT2D eigenvalue weighted by Gasteiger charge is 2.29. The van der Waals surface area contributed by atoms with Crippen molar-refractivity contribution in [1.29, 1.82) is 0 Å². The van der Waals surface area contributed by atoms with Crippen molar-refractivity contribution >= 4 is 11.7 Å². The van der Waals surface area contributed by atoms with Gasteiger partial charge < -0.3 is 19.7 Å². The molecule has 2 aromatic rings. The highest BCUT2D eigenvalue weighted by molar-refractivity contribution is 5.93. The van der Waals surface area contributed by atoms with Crippen LogP contribution in [0.15, 0.2) is 11.0 Å². The summed E-state index contributed by atoms with van der Waals surface area (Å²) in [6.07, 6.45) is 1.63. The molecule has 2 atom stereocenters. The Morgan fingerprint density at radius 1 is 1.54 bits per heavy atom. The Bertz CT molecular complexity index is 830. The van der Waals surface area contributed by atoms with Crippen LogP contribution in [-0.2, 0) is 9.47 Å². The normalized spacial score (nSPS) is 20.6. The highest BCUT2D eigenvalue weighted by Crippen LogP contribution is 2.12. The first-order valence-corrected chi connectivity index (χ1v) is 8.55. The van der Waals surface area contributed by atoms with Crippen LogP contribution in [0, 0.1) is 6.92 Å². The van der Waals surface area contributed by atoms with Crippen LogP contribution in [0.5, 0.6) is 0 Å². The zero-order valence-electron chi connectivity index (χ0n) is 15.2. The number of aryl methyl sites for hydroxylation is 1. The third-order valence-electron chi connectivity index (χ3n) is 4.22. The number of nitrogens with zero attached hydrogens (tertiary/aromatic N) is 4. The van der Waals surface area contributed by atoms with Crippen LogP contribution in [-0.4, -0.2) is 83.0 Å². The van der Waals surface area contributed by atoms with Crippen LogP contribution in [0.3, 0.4) is 0 Å². The summed E-state index contributed by atoms with van der Waals surface area (Å²) in [5.41, 5.74) is -0.519. The quantitative estimate of drug-likeness (QED) is 0.689. The molecule has 0 saturated carbocycles. The molecule has 26 heavy (non-hydrogen) atoms. The highest BCUT2D eigenvalue weighted by atomic mass is 16.5. The predicted octanol–water partition coefficient (Wildman–Crippen LogP) is -0.808. The predicted molar refractivity (Wildman–Crippen MR) is 93.3 cm³/mol. The number of carbonyl (C=O) groups excluding carboxylic acids is 1. The first-order valence-electron chi connectivity index (χ1n) is 8.55. The van der Waals surface area contributed by atoms with Crippen molar-refractivity contribution in [2.75, 3.05) is 40.5 Å². The van der Waals surface area contributed by atoms with E-state index in [0.717, 1.165) is 6.54 Å².